The second-order valence-corrected chi connectivity index (χ2v) is 5.51. The SMILES string of the molecule is O=[N+]([O-])c1cccc(F)c1Nc1cncc(Nc2ccc(C(F)(F)F)cc2)n1. The molecule has 0 saturated carbocycles. The molecule has 0 fully saturated rings. The van der Waals surface area contributed by atoms with Crippen molar-refractivity contribution >= 4 is 28.7 Å². The predicted molar refractivity (Wildman–Crippen MR) is 93.1 cm³/mol. The number of halogens is 4. The molecule has 3 rings (SSSR count). The van der Waals surface area contributed by atoms with Gasteiger partial charge in [-0.3, -0.25) is 15.1 Å². The zero-order valence-corrected chi connectivity index (χ0v) is 13.9. The minimum Gasteiger partial charge on any atom is -0.339 e. The van der Waals surface area contributed by atoms with Gasteiger partial charge in [0.1, 0.15) is 0 Å². The molecule has 0 spiro atoms. The van der Waals surface area contributed by atoms with Gasteiger partial charge < -0.3 is 10.6 Å². The monoisotopic (exact) mass is 393 g/mol. The first-order valence-corrected chi connectivity index (χ1v) is 7.70. The molecule has 0 aliphatic carbocycles. The third kappa shape index (κ3) is 4.31. The lowest BCUT2D eigenvalue weighted by Crippen LogP contribution is -2.05. The summed E-state index contributed by atoms with van der Waals surface area (Å²) in [6.45, 7) is 0. The van der Waals surface area contributed by atoms with E-state index in [2.05, 4.69) is 20.6 Å². The Hall–Kier alpha value is -3.76. The van der Waals surface area contributed by atoms with Gasteiger partial charge in [-0.15, -0.1) is 0 Å². The highest BCUT2D eigenvalue weighted by Gasteiger charge is 2.29. The van der Waals surface area contributed by atoms with Crippen LogP contribution in [-0.4, -0.2) is 14.9 Å². The summed E-state index contributed by atoms with van der Waals surface area (Å²) in [5.74, 6) is -0.703. The second-order valence-electron chi connectivity index (χ2n) is 5.51. The summed E-state index contributed by atoms with van der Waals surface area (Å²) in [7, 11) is 0. The Labute approximate surface area is 155 Å². The number of hydrogen-bond donors (Lipinski definition) is 2. The van der Waals surface area contributed by atoms with Crippen molar-refractivity contribution in [2.45, 2.75) is 6.18 Å². The highest BCUT2D eigenvalue weighted by Crippen LogP contribution is 2.31. The van der Waals surface area contributed by atoms with Crippen LogP contribution < -0.4 is 10.6 Å². The van der Waals surface area contributed by atoms with Crippen molar-refractivity contribution < 1.29 is 22.5 Å². The van der Waals surface area contributed by atoms with Gasteiger partial charge in [-0.1, -0.05) is 6.07 Å². The lowest BCUT2D eigenvalue weighted by atomic mass is 10.2. The van der Waals surface area contributed by atoms with Gasteiger partial charge in [0, 0.05) is 11.8 Å². The maximum absolute atomic E-state index is 14.0. The number of nitro benzene ring substituents is 1. The number of rotatable bonds is 5. The van der Waals surface area contributed by atoms with Crippen molar-refractivity contribution in [3.05, 3.63) is 76.4 Å². The molecule has 0 saturated heterocycles. The summed E-state index contributed by atoms with van der Waals surface area (Å²) in [6, 6.07) is 7.61. The van der Waals surface area contributed by atoms with E-state index in [1.807, 2.05) is 0 Å². The Morgan fingerprint density at radius 2 is 1.61 bits per heavy atom. The van der Waals surface area contributed by atoms with Gasteiger partial charge in [-0.05, 0) is 30.3 Å². The molecule has 7 nitrogen and oxygen atoms in total. The number of aromatic nitrogens is 2. The van der Waals surface area contributed by atoms with Crippen LogP contribution >= 0.6 is 0 Å². The maximum atomic E-state index is 14.0. The van der Waals surface area contributed by atoms with Crippen LogP contribution in [-0.2, 0) is 6.18 Å². The molecule has 0 unspecified atom stereocenters. The minimum atomic E-state index is -4.45. The van der Waals surface area contributed by atoms with E-state index in [4.69, 9.17) is 0 Å². The normalized spacial score (nSPS) is 11.1. The molecular weight excluding hydrogens is 382 g/mol. The Kier molecular flexibility index (Phi) is 5.07. The van der Waals surface area contributed by atoms with Crippen LogP contribution in [0.4, 0.5) is 46.3 Å². The molecule has 3 aromatic rings. The van der Waals surface area contributed by atoms with E-state index in [9.17, 15) is 27.7 Å². The van der Waals surface area contributed by atoms with Gasteiger partial charge in [0.05, 0.1) is 22.9 Å². The lowest BCUT2D eigenvalue weighted by molar-refractivity contribution is -0.384. The maximum Gasteiger partial charge on any atom is 0.416 e. The van der Waals surface area contributed by atoms with E-state index in [1.165, 1.54) is 30.6 Å². The zero-order chi connectivity index (χ0) is 20.3. The van der Waals surface area contributed by atoms with E-state index in [0.717, 1.165) is 24.3 Å². The molecule has 1 aromatic heterocycles. The second kappa shape index (κ2) is 7.47. The number of anilines is 4. The smallest absolute Gasteiger partial charge is 0.339 e. The fraction of sp³-hybridized carbons (Fsp3) is 0.0588. The first kappa shape index (κ1) is 19.0. The quantitative estimate of drug-likeness (QED) is 0.359. The Balaban J connectivity index is 1.81. The molecule has 0 atom stereocenters. The molecule has 1 heterocycles. The van der Waals surface area contributed by atoms with Crippen molar-refractivity contribution in [1.82, 2.24) is 9.97 Å². The van der Waals surface area contributed by atoms with Crippen LogP contribution in [0.2, 0.25) is 0 Å². The van der Waals surface area contributed by atoms with Gasteiger partial charge in [0.25, 0.3) is 5.69 Å². The Morgan fingerprint density at radius 1 is 0.964 bits per heavy atom. The first-order valence-electron chi connectivity index (χ1n) is 7.70. The molecule has 2 N–H and O–H groups in total. The van der Waals surface area contributed by atoms with Crippen molar-refractivity contribution in [1.29, 1.82) is 0 Å². The standard InChI is InChI=1S/C17H11F4N5O2/c18-12-2-1-3-13(26(27)28)16(12)25-15-9-22-8-14(24-15)23-11-6-4-10(5-7-11)17(19,20)21/h1-9H,(H2,23,24,25). The Morgan fingerprint density at radius 3 is 2.21 bits per heavy atom. The van der Waals surface area contributed by atoms with Crippen LogP contribution in [0.1, 0.15) is 5.56 Å². The summed E-state index contributed by atoms with van der Waals surface area (Å²) in [4.78, 5) is 18.3. The van der Waals surface area contributed by atoms with E-state index < -0.39 is 28.2 Å². The van der Waals surface area contributed by atoms with Crippen molar-refractivity contribution in [2.75, 3.05) is 10.6 Å². The van der Waals surface area contributed by atoms with E-state index in [-0.39, 0.29) is 17.3 Å². The number of para-hydroxylation sites is 1. The molecule has 28 heavy (non-hydrogen) atoms. The van der Waals surface area contributed by atoms with Gasteiger partial charge in [0.15, 0.2) is 23.1 Å². The van der Waals surface area contributed by atoms with Crippen molar-refractivity contribution in [3.63, 3.8) is 0 Å². The molecule has 2 aromatic carbocycles. The predicted octanol–water partition coefficient (Wildman–Crippen LogP) is 5.03. The van der Waals surface area contributed by atoms with Gasteiger partial charge >= 0.3 is 6.18 Å². The number of nitro groups is 1. The van der Waals surface area contributed by atoms with Crippen LogP contribution in [0.15, 0.2) is 54.9 Å². The molecular formula is C17H11F4N5O2. The third-order valence-corrected chi connectivity index (χ3v) is 3.56. The fourth-order valence-electron chi connectivity index (χ4n) is 2.29. The van der Waals surface area contributed by atoms with Crippen LogP contribution in [0.25, 0.3) is 0 Å². The average Bonchev–Trinajstić information content (AvgIpc) is 2.63. The number of nitrogens with one attached hydrogen (secondary N) is 2. The number of hydrogen-bond acceptors (Lipinski definition) is 6. The number of benzene rings is 2. The molecule has 11 heteroatoms. The topological polar surface area (TPSA) is 93.0 Å². The Bertz CT molecular complexity index is 1010. The summed E-state index contributed by atoms with van der Waals surface area (Å²) >= 11 is 0. The summed E-state index contributed by atoms with van der Waals surface area (Å²) in [6.07, 6.45) is -1.94. The highest BCUT2D eigenvalue weighted by atomic mass is 19.4. The zero-order valence-electron chi connectivity index (χ0n) is 13.9. The summed E-state index contributed by atoms with van der Waals surface area (Å²) in [5, 5.41) is 16.3. The van der Waals surface area contributed by atoms with Crippen LogP contribution in [0.3, 0.4) is 0 Å². The number of nitrogens with zero attached hydrogens (tertiary/aromatic N) is 3. The minimum absolute atomic E-state index is 0.00473. The summed E-state index contributed by atoms with van der Waals surface area (Å²) < 4.78 is 51.8. The molecule has 0 aliphatic heterocycles. The first-order chi connectivity index (χ1) is 13.2. The highest BCUT2D eigenvalue weighted by molar-refractivity contribution is 5.69. The molecule has 0 aliphatic rings. The van der Waals surface area contributed by atoms with E-state index in [0.29, 0.717) is 5.69 Å². The van der Waals surface area contributed by atoms with Gasteiger partial charge in [-0.25, -0.2) is 9.37 Å². The molecule has 0 bridgehead atoms. The fourth-order valence-corrected chi connectivity index (χ4v) is 2.29. The molecule has 0 radical (unpaired) electrons. The van der Waals surface area contributed by atoms with Crippen LogP contribution in [0.5, 0.6) is 0 Å². The third-order valence-electron chi connectivity index (χ3n) is 3.56. The van der Waals surface area contributed by atoms with E-state index >= 15 is 0 Å². The van der Waals surface area contributed by atoms with Gasteiger partial charge in [0.2, 0.25) is 0 Å². The average molecular weight is 393 g/mol. The summed E-state index contributed by atoms with van der Waals surface area (Å²) in [5.41, 5.74) is -1.35. The molecule has 144 valence electrons. The number of alkyl halides is 3. The van der Waals surface area contributed by atoms with Crippen LogP contribution in [0, 0.1) is 15.9 Å². The largest absolute Gasteiger partial charge is 0.416 e. The van der Waals surface area contributed by atoms with E-state index in [1.54, 1.807) is 0 Å². The molecule has 0 amide bonds. The lowest BCUT2D eigenvalue weighted by Gasteiger charge is -2.11. The van der Waals surface area contributed by atoms with Gasteiger partial charge in [-0.2, -0.15) is 13.2 Å². The van der Waals surface area contributed by atoms with Crippen molar-refractivity contribution in [2.24, 2.45) is 0 Å². The van der Waals surface area contributed by atoms with Crippen molar-refractivity contribution in [3.8, 4) is 0 Å².